The number of nitrogens with zero attached hydrogens (tertiary/aromatic N) is 3. The molecule has 0 aliphatic rings. The molecule has 1 N–H and O–H groups in total. The van der Waals surface area contributed by atoms with E-state index >= 15 is 0 Å². The molecule has 0 bridgehead atoms. The van der Waals surface area contributed by atoms with E-state index in [-0.39, 0.29) is 11.3 Å². The van der Waals surface area contributed by atoms with Gasteiger partial charge in [0, 0.05) is 12.1 Å². The molecule has 8 heteroatoms. The summed E-state index contributed by atoms with van der Waals surface area (Å²) < 4.78 is 0. The van der Waals surface area contributed by atoms with Gasteiger partial charge in [-0.05, 0) is 13.8 Å². The third kappa shape index (κ3) is 3.00. The zero-order valence-electron chi connectivity index (χ0n) is 10.7. The molecular formula is C12H10N4O4. The first-order chi connectivity index (χ1) is 9.21. The standard InChI is InChI=1S/C12H10N4O4/c1-4-12(2,3)14-11-9(15(17)18)5-8(7-13)6-10(11)16(19)20/h1,5-6,14H,2-3H3. The Balaban J connectivity index is 3.62. The van der Waals surface area contributed by atoms with Crippen molar-refractivity contribution >= 4 is 17.1 Å². The van der Waals surface area contributed by atoms with Crippen molar-refractivity contribution in [2.45, 2.75) is 19.4 Å². The van der Waals surface area contributed by atoms with Gasteiger partial charge in [-0.25, -0.2) is 0 Å². The number of nitriles is 1. The predicted octanol–water partition coefficient (Wildman–Crippen LogP) is 2.20. The van der Waals surface area contributed by atoms with Crippen LogP contribution in [0.1, 0.15) is 19.4 Å². The average Bonchev–Trinajstić information content (AvgIpc) is 2.37. The Morgan fingerprint density at radius 2 is 1.70 bits per heavy atom. The molecule has 0 aliphatic heterocycles. The summed E-state index contributed by atoms with van der Waals surface area (Å²) in [5, 5.41) is 33.4. The first kappa shape index (κ1) is 14.9. The lowest BCUT2D eigenvalue weighted by atomic mass is 10.0. The summed E-state index contributed by atoms with van der Waals surface area (Å²) in [6, 6.07) is 3.57. The summed E-state index contributed by atoms with van der Waals surface area (Å²) in [5.74, 6) is 2.33. The van der Waals surface area contributed by atoms with Crippen molar-refractivity contribution in [1.82, 2.24) is 0 Å². The largest absolute Gasteiger partial charge is 0.358 e. The number of terminal acetylenes is 1. The van der Waals surface area contributed by atoms with E-state index in [2.05, 4.69) is 11.2 Å². The molecule has 0 saturated carbocycles. The first-order valence-electron chi connectivity index (χ1n) is 5.34. The van der Waals surface area contributed by atoms with Gasteiger partial charge < -0.3 is 5.32 Å². The van der Waals surface area contributed by atoms with Crippen molar-refractivity contribution in [3.8, 4) is 18.4 Å². The van der Waals surface area contributed by atoms with Crippen molar-refractivity contribution in [1.29, 1.82) is 5.26 Å². The molecule has 0 amide bonds. The Hall–Kier alpha value is -3.13. The normalized spacial score (nSPS) is 10.2. The highest BCUT2D eigenvalue weighted by Crippen LogP contribution is 2.37. The van der Waals surface area contributed by atoms with Crippen LogP contribution in [0.3, 0.4) is 0 Å². The van der Waals surface area contributed by atoms with Crippen LogP contribution >= 0.6 is 0 Å². The maximum absolute atomic E-state index is 11.0. The SMILES string of the molecule is C#CC(C)(C)Nc1c([N+](=O)[O-])cc(C#N)cc1[N+](=O)[O-]. The lowest BCUT2D eigenvalue weighted by Gasteiger charge is -2.20. The van der Waals surface area contributed by atoms with Crippen LogP contribution in [0.5, 0.6) is 0 Å². The fraction of sp³-hybridized carbons (Fsp3) is 0.250. The van der Waals surface area contributed by atoms with Crippen LogP contribution in [0.2, 0.25) is 0 Å². The number of benzene rings is 1. The number of nitro benzene ring substituents is 2. The zero-order chi connectivity index (χ0) is 15.5. The second-order valence-electron chi connectivity index (χ2n) is 4.41. The van der Waals surface area contributed by atoms with Gasteiger partial charge in [0.2, 0.25) is 0 Å². The second kappa shape index (κ2) is 5.24. The van der Waals surface area contributed by atoms with Crippen molar-refractivity contribution in [3.05, 3.63) is 37.9 Å². The summed E-state index contributed by atoms with van der Waals surface area (Å²) in [6.07, 6.45) is 5.26. The van der Waals surface area contributed by atoms with Crippen LogP contribution in [0, 0.1) is 43.9 Å². The fourth-order valence-electron chi connectivity index (χ4n) is 1.44. The van der Waals surface area contributed by atoms with Gasteiger partial charge in [0.1, 0.15) is 0 Å². The molecule has 0 atom stereocenters. The Morgan fingerprint density at radius 1 is 1.25 bits per heavy atom. The molecule has 20 heavy (non-hydrogen) atoms. The van der Waals surface area contributed by atoms with E-state index in [4.69, 9.17) is 11.7 Å². The molecule has 0 aromatic heterocycles. The minimum atomic E-state index is -1.02. The average molecular weight is 274 g/mol. The van der Waals surface area contributed by atoms with E-state index in [1.54, 1.807) is 19.9 Å². The van der Waals surface area contributed by atoms with E-state index in [0.717, 1.165) is 12.1 Å². The summed E-state index contributed by atoms with van der Waals surface area (Å²) >= 11 is 0. The third-order valence-corrected chi connectivity index (χ3v) is 2.42. The van der Waals surface area contributed by atoms with Gasteiger partial charge in [0.25, 0.3) is 0 Å². The van der Waals surface area contributed by atoms with Gasteiger partial charge in [-0.3, -0.25) is 20.2 Å². The molecule has 0 unspecified atom stereocenters. The summed E-state index contributed by atoms with van der Waals surface area (Å²) in [4.78, 5) is 20.4. The molecule has 0 heterocycles. The highest BCUT2D eigenvalue weighted by Gasteiger charge is 2.30. The van der Waals surface area contributed by atoms with Crippen molar-refractivity contribution in [2.75, 3.05) is 5.32 Å². The van der Waals surface area contributed by atoms with E-state index in [1.165, 1.54) is 0 Å². The van der Waals surface area contributed by atoms with Crippen LogP contribution in [0.4, 0.5) is 17.1 Å². The van der Waals surface area contributed by atoms with Gasteiger partial charge in [-0.1, -0.05) is 5.92 Å². The fourth-order valence-corrected chi connectivity index (χ4v) is 1.44. The monoisotopic (exact) mass is 274 g/mol. The van der Waals surface area contributed by atoms with Gasteiger partial charge in [-0.15, -0.1) is 6.42 Å². The summed E-state index contributed by atoms with van der Waals surface area (Å²) in [7, 11) is 0. The molecule has 102 valence electrons. The Labute approximate surface area is 114 Å². The summed E-state index contributed by atoms with van der Waals surface area (Å²) in [5.41, 5.74) is -2.66. The van der Waals surface area contributed by atoms with E-state index < -0.39 is 26.8 Å². The van der Waals surface area contributed by atoms with E-state index in [9.17, 15) is 20.2 Å². The van der Waals surface area contributed by atoms with Crippen LogP contribution in [0.15, 0.2) is 12.1 Å². The first-order valence-corrected chi connectivity index (χ1v) is 5.34. The lowest BCUT2D eigenvalue weighted by Crippen LogP contribution is -2.29. The Kier molecular flexibility index (Phi) is 3.91. The quantitative estimate of drug-likeness (QED) is 0.510. The molecule has 0 fully saturated rings. The van der Waals surface area contributed by atoms with Crippen molar-refractivity contribution < 1.29 is 9.85 Å². The number of hydrogen-bond donors (Lipinski definition) is 1. The lowest BCUT2D eigenvalue weighted by molar-refractivity contribution is -0.392. The molecule has 8 nitrogen and oxygen atoms in total. The van der Waals surface area contributed by atoms with E-state index in [0.29, 0.717) is 0 Å². The topological polar surface area (TPSA) is 122 Å². The van der Waals surface area contributed by atoms with Crippen LogP contribution in [-0.2, 0) is 0 Å². The van der Waals surface area contributed by atoms with Crippen molar-refractivity contribution in [3.63, 3.8) is 0 Å². The molecular weight excluding hydrogens is 264 g/mol. The number of hydrogen-bond acceptors (Lipinski definition) is 6. The number of anilines is 1. The molecule has 0 spiro atoms. The highest BCUT2D eigenvalue weighted by atomic mass is 16.6. The molecule has 1 aromatic rings. The Bertz CT molecular complexity index is 632. The maximum atomic E-state index is 11.0. The van der Waals surface area contributed by atoms with Gasteiger partial charge in [0.05, 0.1) is 27.0 Å². The minimum Gasteiger partial charge on any atom is -0.358 e. The predicted molar refractivity (Wildman–Crippen MR) is 71.0 cm³/mol. The van der Waals surface area contributed by atoms with Gasteiger partial charge >= 0.3 is 11.4 Å². The molecule has 1 aromatic carbocycles. The number of nitro groups is 2. The highest BCUT2D eigenvalue weighted by molar-refractivity contribution is 5.77. The second-order valence-corrected chi connectivity index (χ2v) is 4.41. The number of rotatable bonds is 4. The smallest absolute Gasteiger partial charge is 0.300 e. The molecule has 1 rings (SSSR count). The third-order valence-electron chi connectivity index (χ3n) is 2.42. The maximum Gasteiger partial charge on any atom is 0.300 e. The number of nitrogens with one attached hydrogen (secondary N) is 1. The van der Waals surface area contributed by atoms with Gasteiger partial charge in [0.15, 0.2) is 5.69 Å². The minimum absolute atomic E-state index is 0.174. The van der Waals surface area contributed by atoms with Crippen LogP contribution < -0.4 is 5.32 Å². The molecule has 0 radical (unpaired) electrons. The van der Waals surface area contributed by atoms with Crippen LogP contribution in [0.25, 0.3) is 0 Å². The molecule has 0 saturated heterocycles. The van der Waals surface area contributed by atoms with Crippen LogP contribution in [-0.4, -0.2) is 15.4 Å². The Morgan fingerprint density at radius 3 is 2.00 bits per heavy atom. The zero-order valence-corrected chi connectivity index (χ0v) is 10.7. The van der Waals surface area contributed by atoms with E-state index in [1.807, 2.05) is 0 Å². The summed E-state index contributed by atoms with van der Waals surface area (Å²) in [6.45, 7) is 3.08. The van der Waals surface area contributed by atoms with Crippen molar-refractivity contribution in [2.24, 2.45) is 0 Å². The molecule has 0 aliphatic carbocycles. The van der Waals surface area contributed by atoms with Gasteiger partial charge in [-0.2, -0.15) is 5.26 Å².